The van der Waals surface area contributed by atoms with E-state index in [2.05, 4.69) is 0 Å². The van der Waals surface area contributed by atoms with Crippen LogP contribution >= 0.6 is 0 Å². The van der Waals surface area contributed by atoms with Crippen LogP contribution in [0.1, 0.15) is 55.6 Å². The van der Waals surface area contributed by atoms with Crippen molar-refractivity contribution in [2.45, 2.75) is 24.7 Å². The van der Waals surface area contributed by atoms with Crippen molar-refractivity contribution in [3.63, 3.8) is 0 Å². The molecule has 0 saturated carbocycles. The number of halogens is 12. The van der Waals surface area contributed by atoms with E-state index < -0.39 is 114 Å². The molecular formula is C36H8F12N6. The van der Waals surface area contributed by atoms with Gasteiger partial charge in [0.25, 0.3) is 0 Å². The smallest absolute Gasteiger partial charge is 0.192 e. The summed E-state index contributed by atoms with van der Waals surface area (Å²) in [4.78, 5) is 0. The quantitative estimate of drug-likeness (QED) is 0.188. The zero-order valence-electron chi connectivity index (χ0n) is 25.8. The van der Waals surface area contributed by atoms with E-state index in [0.717, 1.165) is 24.3 Å². The second kappa shape index (κ2) is 12.7. The highest BCUT2D eigenvalue weighted by Crippen LogP contribution is 2.55. The van der Waals surface area contributed by atoms with Gasteiger partial charge in [-0.05, 0) is 52.6 Å². The molecule has 0 atom stereocenters. The summed E-state index contributed by atoms with van der Waals surface area (Å²) in [6, 6.07) is 13.0. The van der Waals surface area contributed by atoms with Crippen molar-refractivity contribution in [3.05, 3.63) is 115 Å². The molecule has 18 heteroatoms. The second-order valence-corrected chi connectivity index (χ2v) is 11.1. The molecule has 2 aliphatic carbocycles. The first-order valence-corrected chi connectivity index (χ1v) is 14.2. The lowest BCUT2D eigenvalue weighted by Gasteiger charge is -2.18. The zero-order chi connectivity index (χ0) is 40.3. The second-order valence-electron chi connectivity index (χ2n) is 11.1. The Morgan fingerprint density at radius 3 is 0.926 bits per heavy atom. The number of rotatable bonds is 2. The highest BCUT2D eigenvalue weighted by molar-refractivity contribution is 6.28. The Kier molecular flexibility index (Phi) is 8.96. The molecule has 0 spiro atoms. The fraction of sp³-hybridized carbons (Fsp3) is 0.111. The van der Waals surface area contributed by atoms with E-state index in [0.29, 0.717) is 0 Å². The van der Waals surface area contributed by atoms with E-state index in [1.54, 1.807) is 12.1 Å². The highest BCUT2D eigenvalue weighted by atomic mass is 19.4. The highest BCUT2D eigenvalue weighted by Gasteiger charge is 2.47. The zero-order valence-corrected chi connectivity index (χ0v) is 25.8. The van der Waals surface area contributed by atoms with Crippen LogP contribution in [0.5, 0.6) is 0 Å². The maximum absolute atomic E-state index is 14.0. The number of hydrogen-bond acceptors (Lipinski definition) is 6. The molecule has 0 fully saturated rings. The molecule has 3 aromatic rings. The monoisotopic (exact) mass is 752 g/mol. The third-order valence-corrected chi connectivity index (χ3v) is 8.23. The SMILES string of the molecule is N#CC(C#N)=C1C(c2cccc(C3=C(C#N)c4cc(C(F)(F)F)c(C(F)(F)F)cc4C3=C(C#N)C#N)c2)=C(C#N)c2cc(C(F)(F)F)c(C(F)(F)F)cc21. The molecule has 0 saturated heterocycles. The third-order valence-electron chi connectivity index (χ3n) is 8.23. The van der Waals surface area contributed by atoms with Crippen LogP contribution < -0.4 is 0 Å². The topological polar surface area (TPSA) is 143 Å². The van der Waals surface area contributed by atoms with Gasteiger partial charge in [-0.15, -0.1) is 0 Å². The van der Waals surface area contributed by atoms with E-state index >= 15 is 0 Å². The predicted octanol–water partition coefficient (Wildman–Crippen LogP) is 10.3. The number of nitriles is 6. The predicted molar refractivity (Wildman–Crippen MR) is 160 cm³/mol. The lowest BCUT2D eigenvalue weighted by atomic mass is 9.88. The molecule has 54 heavy (non-hydrogen) atoms. The molecule has 0 aliphatic heterocycles. The molecule has 266 valence electrons. The van der Waals surface area contributed by atoms with Crippen LogP contribution in [0.2, 0.25) is 0 Å². The molecule has 2 aliphatic rings. The molecule has 0 radical (unpaired) electrons. The number of alkyl halides is 12. The fourth-order valence-corrected chi connectivity index (χ4v) is 6.19. The molecular weight excluding hydrogens is 744 g/mol. The van der Waals surface area contributed by atoms with Crippen LogP contribution in [0.25, 0.3) is 33.4 Å². The van der Waals surface area contributed by atoms with Gasteiger partial charge in [-0.3, -0.25) is 0 Å². The average Bonchev–Trinajstić information content (AvgIpc) is 3.59. The molecule has 0 amide bonds. The Morgan fingerprint density at radius 1 is 0.407 bits per heavy atom. The van der Waals surface area contributed by atoms with E-state index in [1.807, 2.05) is 0 Å². The fourth-order valence-electron chi connectivity index (χ4n) is 6.19. The number of nitrogens with zero attached hydrogens (tertiary/aromatic N) is 6. The van der Waals surface area contributed by atoms with Crippen LogP contribution in [0, 0.1) is 68.0 Å². The molecule has 0 bridgehead atoms. The van der Waals surface area contributed by atoms with Crippen molar-refractivity contribution < 1.29 is 52.7 Å². The van der Waals surface area contributed by atoms with Gasteiger partial charge in [0.05, 0.1) is 33.4 Å². The summed E-state index contributed by atoms with van der Waals surface area (Å²) in [6.45, 7) is 0. The summed E-state index contributed by atoms with van der Waals surface area (Å²) in [7, 11) is 0. The van der Waals surface area contributed by atoms with Gasteiger partial charge < -0.3 is 0 Å². The van der Waals surface area contributed by atoms with Gasteiger partial charge in [0.1, 0.15) is 47.6 Å². The van der Waals surface area contributed by atoms with Crippen molar-refractivity contribution in [1.82, 2.24) is 0 Å². The lowest BCUT2D eigenvalue weighted by molar-refractivity contribution is -0.162. The average molecular weight is 752 g/mol. The Bertz CT molecular complexity index is 2390. The van der Waals surface area contributed by atoms with Crippen molar-refractivity contribution >= 4 is 33.4 Å². The van der Waals surface area contributed by atoms with E-state index in [9.17, 15) is 84.3 Å². The number of fused-ring (bicyclic) bond motifs is 2. The van der Waals surface area contributed by atoms with Gasteiger partial charge >= 0.3 is 24.7 Å². The van der Waals surface area contributed by atoms with Crippen molar-refractivity contribution in [2.24, 2.45) is 0 Å². The lowest BCUT2D eigenvalue weighted by Crippen LogP contribution is -2.17. The van der Waals surface area contributed by atoms with Gasteiger partial charge in [0, 0.05) is 33.4 Å². The molecule has 5 rings (SSSR count). The van der Waals surface area contributed by atoms with Crippen LogP contribution in [0.4, 0.5) is 52.7 Å². The largest absolute Gasteiger partial charge is 0.417 e. The number of allylic oxidation sites excluding steroid dienone is 8. The van der Waals surface area contributed by atoms with Crippen LogP contribution in [-0.4, -0.2) is 0 Å². The summed E-state index contributed by atoms with van der Waals surface area (Å²) in [5.74, 6) is 0. The Balaban J connectivity index is 1.90. The standard InChI is InChI=1S/C36H8F12N6/c37-33(38,39)25-5-19-21(7-27(25)35(43,44)45)31(17(9-49)10-50)29(23(19)13-53)15-2-1-3-16(4-15)30-24(14-54)20-6-26(34(40,41)42)28(36(46,47)48)8-22(20)32(30)18(11-51)12-52/h1-8H. The van der Waals surface area contributed by atoms with Crippen molar-refractivity contribution in [1.29, 1.82) is 31.6 Å². The van der Waals surface area contributed by atoms with Gasteiger partial charge in [0.2, 0.25) is 0 Å². The van der Waals surface area contributed by atoms with Crippen molar-refractivity contribution in [3.8, 4) is 36.4 Å². The number of hydrogen-bond donors (Lipinski definition) is 0. The van der Waals surface area contributed by atoms with Gasteiger partial charge in [-0.25, -0.2) is 0 Å². The summed E-state index contributed by atoms with van der Waals surface area (Å²) in [5.41, 5.74) is -18.9. The summed E-state index contributed by atoms with van der Waals surface area (Å²) >= 11 is 0. The van der Waals surface area contributed by atoms with Crippen LogP contribution in [-0.2, 0) is 24.7 Å². The van der Waals surface area contributed by atoms with Gasteiger partial charge in [-0.1, -0.05) is 18.2 Å². The summed E-state index contributed by atoms with van der Waals surface area (Å²) in [6.07, 6.45) is -22.5. The van der Waals surface area contributed by atoms with E-state index in [4.69, 9.17) is 0 Å². The Hall–Kier alpha value is -7.28. The van der Waals surface area contributed by atoms with E-state index in [-0.39, 0.29) is 35.4 Å². The van der Waals surface area contributed by atoms with Crippen LogP contribution in [0.3, 0.4) is 0 Å². The first-order chi connectivity index (χ1) is 25.1. The molecule has 6 nitrogen and oxygen atoms in total. The van der Waals surface area contributed by atoms with Crippen LogP contribution in [0.15, 0.2) is 59.7 Å². The Labute approximate surface area is 294 Å². The van der Waals surface area contributed by atoms with Gasteiger partial charge in [-0.2, -0.15) is 84.3 Å². The minimum atomic E-state index is -5.64. The molecule has 0 aromatic heterocycles. The number of benzene rings is 3. The maximum Gasteiger partial charge on any atom is 0.417 e. The van der Waals surface area contributed by atoms with Crippen molar-refractivity contribution in [2.75, 3.05) is 0 Å². The first kappa shape index (κ1) is 38.0. The minimum Gasteiger partial charge on any atom is -0.192 e. The third kappa shape index (κ3) is 6.06. The maximum atomic E-state index is 14.0. The molecule has 0 N–H and O–H groups in total. The summed E-state index contributed by atoms with van der Waals surface area (Å²) < 4.78 is 167. The normalized spacial score (nSPS) is 14.0. The van der Waals surface area contributed by atoms with Gasteiger partial charge in [0.15, 0.2) is 0 Å². The Morgan fingerprint density at radius 2 is 0.685 bits per heavy atom. The molecule has 0 unspecified atom stereocenters. The first-order valence-electron chi connectivity index (χ1n) is 14.2. The molecule has 3 aromatic carbocycles. The summed E-state index contributed by atoms with van der Waals surface area (Å²) in [5, 5.41) is 59.2. The van der Waals surface area contributed by atoms with E-state index in [1.165, 1.54) is 24.3 Å². The molecule has 0 heterocycles. The minimum absolute atomic E-state index is 0.00368.